The van der Waals surface area contributed by atoms with Crippen molar-refractivity contribution in [2.45, 2.75) is 51.9 Å². The van der Waals surface area contributed by atoms with Crippen LogP contribution in [-0.2, 0) is 38.1 Å². The third-order valence-corrected chi connectivity index (χ3v) is 5.43. The molecule has 0 radical (unpaired) electrons. The predicted octanol–water partition coefficient (Wildman–Crippen LogP) is 2.10. The second-order valence-electron chi connectivity index (χ2n) is 7.81. The molecule has 1 fully saturated rings. The monoisotopic (exact) mass is 416 g/mol. The molecular formula is C22H24O8. The number of hydrogen-bond acceptors (Lipinski definition) is 8. The first-order valence-electron chi connectivity index (χ1n) is 9.56. The van der Waals surface area contributed by atoms with Crippen LogP contribution < -0.4 is 0 Å². The molecule has 3 aliphatic heterocycles. The van der Waals surface area contributed by atoms with Crippen LogP contribution in [0.4, 0.5) is 0 Å². The van der Waals surface area contributed by atoms with Crippen LogP contribution in [0, 0.1) is 5.92 Å². The molecule has 0 N–H and O–H groups in total. The molecule has 0 aliphatic carbocycles. The van der Waals surface area contributed by atoms with Gasteiger partial charge in [-0.05, 0) is 38.5 Å². The summed E-state index contributed by atoms with van der Waals surface area (Å²) in [5, 5.41) is 0. The normalized spacial score (nSPS) is 32.5. The SMILES string of the molecule is C=C1C(=O)OC2/C=C(\C)C3=CC(=O)C(C)(CC(OC(=O)/C(C)=C/COC(C)=O)C12)O3. The molecule has 8 heteroatoms. The molecule has 0 aromatic rings. The number of ether oxygens (including phenoxy) is 4. The van der Waals surface area contributed by atoms with E-state index in [2.05, 4.69) is 6.58 Å². The molecule has 3 rings (SSSR count). The average molecular weight is 416 g/mol. The van der Waals surface area contributed by atoms with Gasteiger partial charge in [0.15, 0.2) is 5.60 Å². The third kappa shape index (κ3) is 4.08. The number of carbonyl (C=O) groups is 4. The topological polar surface area (TPSA) is 105 Å². The van der Waals surface area contributed by atoms with Crippen molar-refractivity contribution in [3.05, 3.63) is 47.3 Å². The minimum Gasteiger partial charge on any atom is -0.479 e. The highest BCUT2D eigenvalue weighted by Gasteiger charge is 2.51. The maximum absolute atomic E-state index is 12.7. The molecule has 3 heterocycles. The molecule has 160 valence electrons. The molecular weight excluding hydrogens is 392 g/mol. The van der Waals surface area contributed by atoms with E-state index in [-0.39, 0.29) is 30.0 Å². The van der Waals surface area contributed by atoms with Gasteiger partial charge in [-0.2, -0.15) is 0 Å². The second-order valence-corrected chi connectivity index (χ2v) is 7.81. The average Bonchev–Trinajstić information content (AvgIpc) is 3.10. The smallest absolute Gasteiger partial charge is 0.334 e. The summed E-state index contributed by atoms with van der Waals surface area (Å²) in [5.41, 5.74) is -0.205. The fourth-order valence-corrected chi connectivity index (χ4v) is 3.66. The summed E-state index contributed by atoms with van der Waals surface area (Å²) in [4.78, 5) is 48.3. The first kappa shape index (κ1) is 21.5. The number of hydrogen-bond donors (Lipinski definition) is 0. The van der Waals surface area contributed by atoms with Gasteiger partial charge in [0, 0.05) is 30.6 Å². The zero-order valence-electron chi connectivity index (χ0n) is 17.4. The number of ketones is 1. The lowest BCUT2D eigenvalue weighted by Gasteiger charge is -2.31. The van der Waals surface area contributed by atoms with Crippen LogP contribution in [0.2, 0.25) is 0 Å². The Labute approximate surface area is 174 Å². The first-order valence-corrected chi connectivity index (χ1v) is 9.56. The van der Waals surface area contributed by atoms with E-state index in [1.165, 1.54) is 26.0 Å². The molecule has 1 saturated heterocycles. The Morgan fingerprint density at radius 1 is 1.33 bits per heavy atom. The molecule has 0 amide bonds. The van der Waals surface area contributed by atoms with Crippen LogP contribution in [0.1, 0.15) is 34.1 Å². The summed E-state index contributed by atoms with van der Waals surface area (Å²) < 4.78 is 21.8. The van der Waals surface area contributed by atoms with E-state index in [1.807, 2.05) is 0 Å². The molecule has 30 heavy (non-hydrogen) atoms. The Morgan fingerprint density at radius 2 is 2.03 bits per heavy atom. The van der Waals surface area contributed by atoms with Crippen molar-refractivity contribution in [1.82, 2.24) is 0 Å². The summed E-state index contributed by atoms with van der Waals surface area (Å²) in [6, 6.07) is 0. The summed E-state index contributed by atoms with van der Waals surface area (Å²) in [7, 11) is 0. The fourth-order valence-electron chi connectivity index (χ4n) is 3.66. The first-order chi connectivity index (χ1) is 14.0. The Bertz CT molecular complexity index is 921. The van der Waals surface area contributed by atoms with E-state index in [4.69, 9.17) is 18.9 Å². The third-order valence-electron chi connectivity index (χ3n) is 5.43. The van der Waals surface area contributed by atoms with Gasteiger partial charge in [-0.3, -0.25) is 9.59 Å². The van der Waals surface area contributed by atoms with Crippen LogP contribution >= 0.6 is 0 Å². The number of carbonyl (C=O) groups excluding carboxylic acids is 4. The highest BCUT2D eigenvalue weighted by Crippen LogP contribution is 2.42. The van der Waals surface area contributed by atoms with Gasteiger partial charge in [0.25, 0.3) is 0 Å². The van der Waals surface area contributed by atoms with Crippen LogP contribution in [-0.4, -0.2) is 48.1 Å². The predicted molar refractivity (Wildman–Crippen MR) is 104 cm³/mol. The molecule has 0 aromatic carbocycles. The maximum Gasteiger partial charge on any atom is 0.334 e. The van der Waals surface area contributed by atoms with Crippen molar-refractivity contribution in [2.24, 2.45) is 5.92 Å². The van der Waals surface area contributed by atoms with Gasteiger partial charge in [0.2, 0.25) is 5.78 Å². The Hall–Kier alpha value is -3.16. The number of fused-ring (bicyclic) bond motifs is 3. The van der Waals surface area contributed by atoms with Crippen molar-refractivity contribution in [2.75, 3.05) is 6.61 Å². The lowest BCUT2D eigenvalue weighted by atomic mass is 9.82. The summed E-state index contributed by atoms with van der Waals surface area (Å²) in [5.74, 6) is -2.22. The molecule has 3 aliphatic rings. The number of allylic oxidation sites excluding steroid dienone is 1. The van der Waals surface area contributed by atoms with Gasteiger partial charge < -0.3 is 18.9 Å². The minimum absolute atomic E-state index is 0.0206. The van der Waals surface area contributed by atoms with E-state index in [1.54, 1.807) is 19.9 Å². The number of rotatable bonds is 4. The molecule has 0 aromatic heterocycles. The van der Waals surface area contributed by atoms with Gasteiger partial charge in [-0.25, -0.2) is 9.59 Å². The van der Waals surface area contributed by atoms with Gasteiger partial charge in [0.05, 0.1) is 5.92 Å². The second kappa shape index (κ2) is 7.93. The van der Waals surface area contributed by atoms with E-state index in [0.29, 0.717) is 11.3 Å². The van der Waals surface area contributed by atoms with E-state index in [9.17, 15) is 19.2 Å². The van der Waals surface area contributed by atoms with Crippen LogP contribution in [0.5, 0.6) is 0 Å². The van der Waals surface area contributed by atoms with E-state index in [0.717, 1.165) is 0 Å². The summed E-state index contributed by atoms with van der Waals surface area (Å²) in [6.45, 7) is 9.90. The molecule has 0 spiro atoms. The maximum atomic E-state index is 12.7. The molecule has 2 bridgehead atoms. The van der Waals surface area contributed by atoms with Crippen molar-refractivity contribution in [1.29, 1.82) is 0 Å². The quantitative estimate of drug-likeness (QED) is 0.390. The Kier molecular flexibility index (Phi) is 5.70. The van der Waals surface area contributed by atoms with Crippen molar-refractivity contribution < 1.29 is 38.1 Å². The van der Waals surface area contributed by atoms with Gasteiger partial charge in [0.1, 0.15) is 24.6 Å². The Morgan fingerprint density at radius 3 is 2.70 bits per heavy atom. The lowest BCUT2D eigenvalue weighted by molar-refractivity contribution is -0.153. The van der Waals surface area contributed by atoms with Crippen LogP contribution in [0.25, 0.3) is 0 Å². The largest absolute Gasteiger partial charge is 0.479 e. The van der Waals surface area contributed by atoms with E-state index < -0.39 is 41.6 Å². The highest BCUT2D eigenvalue weighted by atomic mass is 16.6. The van der Waals surface area contributed by atoms with Crippen LogP contribution in [0.3, 0.4) is 0 Å². The summed E-state index contributed by atoms with van der Waals surface area (Å²) in [6.07, 6.45) is 2.93. The molecule has 0 saturated carbocycles. The molecule has 4 unspecified atom stereocenters. The summed E-state index contributed by atoms with van der Waals surface area (Å²) >= 11 is 0. The van der Waals surface area contributed by atoms with Gasteiger partial charge >= 0.3 is 17.9 Å². The highest BCUT2D eigenvalue weighted by molar-refractivity contribution is 6.00. The fraction of sp³-hybridized carbons (Fsp3) is 0.455. The number of esters is 3. The van der Waals surface area contributed by atoms with Gasteiger partial charge in [-0.15, -0.1) is 0 Å². The standard InChI is InChI=1S/C22H24O8/c1-11(6-7-27-14(4)23)20(25)29-17-10-22(5)18(24)9-15(30-22)12(2)8-16-19(17)13(3)21(26)28-16/h6,8-9,16-17,19H,3,7,10H2,1-2,4-5H3/b11-6+,12-8+. The van der Waals surface area contributed by atoms with Crippen LogP contribution in [0.15, 0.2) is 47.3 Å². The zero-order valence-corrected chi connectivity index (χ0v) is 17.4. The molecule has 8 nitrogen and oxygen atoms in total. The zero-order chi connectivity index (χ0) is 22.2. The van der Waals surface area contributed by atoms with Crippen molar-refractivity contribution in [3.8, 4) is 0 Å². The van der Waals surface area contributed by atoms with Crippen molar-refractivity contribution in [3.63, 3.8) is 0 Å². The minimum atomic E-state index is -1.24. The van der Waals surface area contributed by atoms with E-state index >= 15 is 0 Å². The van der Waals surface area contributed by atoms with Gasteiger partial charge in [-0.1, -0.05) is 6.58 Å². The Balaban J connectivity index is 1.91. The van der Waals surface area contributed by atoms with Crippen molar-refractivity contribution >= 4 is 23.7 Å². The lowest BCUT2D eigenvalue weighted by Crippen LogP contribution is -2.42. The molecule has 4 atom stereocenters.